The second-order valence-electron chi connectivity index (χ2n) is 4.87. The molecule has 1 heterocycles. The molecular formula is C13H24N2O. The van der Waals surface area contributed by atoms with Gasteiger partial charge in [-0.25, -0.2) is 0 Å². The smallest absolute Gasteiger partial charge is 0.269 e. The fourth-order valence-electron chi connectivity index (χ4n) is 2.04. The highest BCUT2D eigenvalue weighted by Gasteiger charge is 2.13. The van der Waals surface area contributed by atoms with Crippen LogP contribution < -0.4 is 5.56 Å². The van der Waals surface area contributed by atoms with E-state index in [-0.39, 0.29) is 5.56 Å². The van der Waals surface area contributed by atoms with Crippen molar-refractivity contribution in [3.8, 4) is 0 Å². The Kier molecular flexibility index (Phi) is 4.84. The molecule has 0 saturated heterocycles. The molecule has 0 fully saturated rings. The molecule has 0 bridgehead atoms. The van der Waals surface area contributed by atoms with Gasteiger partial charge >= 0.3 is 0 Å². The molecule has 0 aliphatic carbocycles. The highest BCUT2D eigenvalue weighted by molar-refractivity contribution is 5.18. The van der Waals surface area contributed by atoms with E-state index in [4.69, 9.17) is 0 Å². The summed E-state index contributed by atoms with van der Waals surface area (Å²) in [6, 6.07) is 0. The van der Waals surface area contributed by atoms with Crippen molar-refractivity contribution in [3.05, 3.63) is 21.6 Å². The zero-order valence-electron chi connectivity index (χ0n) is 11.0. The maximum atomic E-state index is 12.1. The van der Waals surface area contributed by atoms with Crippen LogP contribution in [0, 0.1) is 5.92 Å². The van der Waals surface area contributed by atoms with Crippen LogP contribution in [0.4, 0.5) is 0 Å². The van der Waals surface area contributed by atoms with E-state index in [9.17, 15) is 4.79 Å². The number of aryl methyl sites for hydroxylation is 1. The minimum absolute atomic E-state index is 0.194. The predicted molar refractivity (Wildman–Crippen MR) is 67.9 cm³/mol. The van der Waals surface area contributed by atoms with E-state index in [1.807, 2.05) is 0 Å². The zero-order chi connectivity index (χ0) is 12.1. The summed E-state index contributed by atoms with van der Waals surface area (Å²) in [5.74, 6) is 0.587. The maximum absolute atomic E-state index is 12.1. The van der Waals surface area contributed by atoms with Gasteiger partial charge in [-0.15, -0.1) is 0 Å². The van der Waals surface area contributed by atoms with E-state index < -0.39 is 0 Å². The van der Waals surface area contributed by atoms with Crippen molar-refractivity contribution in [3.63, 3.8) is 0 Å². The van der Waals surface area contributed by atoms with Crippen LogP contribution in [0.15, 0.2) is 4.79 Å². The van der Waals surface area contributed by atoms with Crippen molar-refractivity contribution in [1.29, 1.82) is 0 Å². The van der Waals surface area contributed by atoms with Gasteiger partial charge < -0.3 is 0 Å². The standard InChI is InChI=1S/C13H24N2O/c1-5-7-11-12(9-10(3)4)14-15(8-6-2)13(11)16/h10,14H,5-9H2,1-4H3. The Labute approximate surface area is 97.8 Å². The molecule has 0 atom stereocenters. The summed E-state index contributed by atoms with van der Waals surface area (Å²) in [6.45, 7) is 9.38. The molecule has 0 aliphatic rings. The van der Waals surface area contributed by atoms with Gasteiger partial charge in [0.05, 0.1) is 0 Å². The van der Waals surface area contributed by atoms with Crippen molar-refractivity contribution in [2.75, 3.05) is 0 Å². The van der Waals surface area contributed by atoms with Crippen LogP contribution in [0.3, 0.4) is 0 Å². The lowest BCUT2D eigenvalue weighted by atomic mass is 10.0. The van der Waals surface area contributed by atoms with Gasteiger partial charge in [0.25, 0.3) is 5.56 Å². The molecular weight excluding hydrogens is 200 g/mol. The van der Waals surface area contributed by atoms with Crippen molar-refractivity contribution >= 4 is 0 Å². The van der Waals surface area contributed by atoms with Crippen LogP contribution in [0.25, 0.3) is 0 Å². The van der Waals surface area contributed by atoms with E-state index in [0.29, 0.717) is 5.92 Å². The number of hydrogen-bond acceptors (Lipinski definition) is 1. The average molecular weight is 224 g/mol. The molecule has 3 heteroatoms. The molecule has 0 spiro atoms. The minimum Gasteiger partial charge on any atom is -0.299 e. The lowest BCUT2D eigenvalue weighted by Gasteiger charge is -2.04. The Morgan fingerprint density at radius 2 is 1.94 bits per heavy atom. The fraction of sp³-hybridized carbons (Fsp3) is 0.769. The van der Waals surface area contributed by atoms with Crippen molar-refractivity contribution in [2.45, 2.75) is 59.9 Å². The molecule has 1 aromatic rings. The van der Waals surface area contributed by atoms with Gasteiger partial charge in [0.2, 0.25) is 0 Å². The highest BCUT2D eigenvalue weighted by atomic mass is 16.1. The SMILES string of the molecule is CCCc1c(CC(C)C)[nH]n(CCC)c1=O. The Bertz CT molecular complexity index is 374. The second kappa shape index (κ2) is 5.92. The Morgan fingerprint density at radius 3 is 2.44 bits per heavy atom. The summed E-state index contributed by atoms with van der Waals surface area (Å²) in [4.78, 5) is 12.1. The number of hydrogen-bond donors (Lipinski definition) is 1. The average Bonchev–Trinajstić information content (AvgIpc) is 2.47. The van der Waals surface area contributed by atoms with Gasteiger partial charge in [0.15, 0.2) is 0 Å². The molecule has 1 rings (SSSR count). The molecule has 0 aromatic carbocycles. The summed E-state index contributed by atoms with van der Waals surface area (Å²) in [5.41, 5.74) is 2.35. The summed E-state index contributed by atoms with van der Waals surface area (Å²) in [5, 5.41) is 3.27. The van der Waals surface area contributed by atoms with Crippen LogP contribution in [0.5, 0.6) is 0 Å². The quantitative estimate of drug-likeness (QED) is 0.792. The first kappa shape index (κ1) is 13.1. The van der Waals surface area contributed by atoms with E-state index in [0.717, 1.165) is 43.5 Å². The van der Waals surface area contributed by atoms with Gasteiger partial charge in [-0.3, -0.25) is 14.6 Å². The summed E-state index contributed by atoms with van der Waals surface area (Å²) in [7, 11) is 0. The van der Waals surface area contributed by atoms with Gasteiger partial charge in [-0.2, -0.15) is 0 Å². The number of rotatable bonds is 6. The first-order valence-electron chi connectivity index (χ1n) is 6.40. The summed E-state index contributed by atoms with van der Waals surface area (Å²) >= 11 is 0. The number of nitrogens with zero attached hydrogens (tertiary/aromatic N) is 1. The third-order valence-corrected chi connectivity index (χ3v) is 2.70. The summed E-state index contributed by atoms with van der Waals surface area (Å²) < 4.78 is 1.77. The first-order chi connectivity index (χ1) is 7.60. The van der Waals surface area contributed by atoms with E-state index in [1.165, 1.54) is 0 Å². The molecule has 3 nitrogen and oxygen atoms in total. The molecule has 16 heavy (non-hydrogen) atoms. The lowest BCUT2D eigenvalue weighted by Crippen LogP contribution is -2.18. The largest absolute Gasteiger partial charge is 0.299 e. The molecule has 0 amide bonds. The van der Waals surface area contributed by atoms with E-state index >= 15 is 0 Å². The van der Waals surface area contributed by atoms with Crippen molar-refractivity contribution in [1.82, 2.24) is 9.78 Å². The second-order valence-corrected chi connectivity index (χ2v) is 4.87. The van der Waals surface area contributed by atoms with Crippen LogP contribution >= 0.6 is 0 Å². The zero-order valence-corrected chi connectivity index (χ0v) is 11.0. The Hall–Kier alpha value is -0.990. The Balaban J connectivity index is 3.04. The highest BCUT2D eigenvalue weighted by Crippen LogP contribution is 2.10. The van der Waals surface area contributed by atoms with Crippen molar-refractivity contribution < 1.29 is 0 Å². The van der Waals surface area contributed by atoms with Crippen molar-refractivity contribution in [2.24, 2.45) is 5.92 Å². The van der Waals surface area contributed by atoms with Gasteiger partial charge in [0.1, 0.15) is 0 Å². The predicted octanol–water partition coefficient (Wildman–Crippen LogP) is 2.74. The third kappa shape index (κ3) is 3.00. The van der Waals surface area contributed by atoms with E-state index in [1.54, 1.807) is 4.68 Å². The lowest BCUT2D eigenvalue weighted by molar-refractivity contribution is 0.562. The van der Waals surface area contributed by atoms with Crippen LogP contribution in [-0.4, -0.2) is 9.78 Å². The first-order valence-corrected chi connectivity index (χ1v) is 6.40. The molecule has 92 valence electrons. The van der Waals surface area contributed by atoms with E-state index in [2.05, 4.69) is 32.8 Å². The van der Waals surface area contributed by atoms with Crippen LogP contribution in [0.1, 0.15) is 51.8 Å². The van der Waals surface area contributed by atoms with Gasteiger partial charge in [-0.1, -0.05) is 34.1 Å². The number of H-pyrrole nitrogens is 1. The number of nitrogens with one attached hydrogen (secondary N) is 1. The van der Waals surface area contributed by atoms with Crippen LogP contribution in [-0.2, 0) is 19.4 Å². The molecule has 1 N–H and O–H groups in total. The number of aromatic nitrogens is 2. The minimum atomic E-state index is 0.194. The molecule has 1 aromatic heterocycles. The third-order valence-electron chi connectivity index (χ3n) is 2.70. The van der Waals surface area contributed by atoms with Crippen LogP contribution in [0.2, 0.25) is 0 Å². The maximum Gasteiger partial charge on any atom is 0.269 e. The van der Waals surface area contributed by atoms with Gasteiger partial charge in [0, 0.05) is 17.8 Å². The summed E-state index contributed by atoms with van der Waals surface area (Å²) in [6.07, 6.45) is 3.90. The Morgan fingerprint density at radius 1 is 1.25 bits per heavy atom. The topological polar surface area (TPSA) is 37.8 Å². The fourth-order valence-corrected chi connectivity index (χ4v) is 2.04. The molecule has 0 saturated carbocycles. The normalized spacial score (nSPS) is 11.3. The molecule has 0 unspecified atom stereocenters. The monoisotopic (exact) mass is 224 g/mol. The molecule has 0 radical (unpaired) electrons. The number of aromatic amines is 1. The molecule has 0 aliphatic heterocycles. The van der Waals surface area contributed by atoms with Gasteiger partial charge in [-0.05, 0) is 25.2 Å².